The molecule has 0 aliphatic rings. The molecule has 2 aromatic carbocycles. The molecular weight excluding hydrogens is 442 g/mol. The molecule has 0 unspecified atom stereocenters. The fourth-order valence-electron chi connectivity index (χ4n) is 3.31. The molecule has 3 aromatic rings. The summed E-state index contributed by atoms with van der Waals surface area (Å²) in [7, 11) is 1.57. The van der Waals surface area contributed by atoms with E-state index in [9.17, 15) is 13.6 Å². The standard InChI is InChI=1S/C23H26F2N4O3.C2H6/c1-4-14-28(5-2)23(30)29(18-8-6-7-9-19(18)31-3)15-16-10-12-17(13-11-16)21-26-27-22(32-21)20(24)25;1-2/h6-13,20H,4-5,14-15H2,1-3H3;1-2H3. The number of hydrogen-bond acceptors (Lipinski definition) is 5. The zero-order valence-corrected chi connectivity index (χ0v) is 20.3. The van der Waals surface area contributed by atoms with Gasteiger partial charge in [-0.15, -0.1) is 10.2 Å². The molecular formula is C25H32F2N4O3. The number of rotatable bonds is 9. The van der Waals surface area contributed by atoms with Gasteiger partial charge in [-0.05, 0) is 43.2 Å². The Morgan fingerprint density at radius 3 is 2.29 bits per heavy atom. The maximum absolute atomic E-state index is 13.4. The molecule has 0 spiro atoms. The predicted molar refractivity (Wildman–Crippen MR) is 128 cm³/mol. The largest absolute Gasteiger partial charge is 0.495 e. The van der Waals surface area contributed by atoms with Crippen LogP contribution in [0.25, 0.3) is 11.5 Å². The van der Waals surface area contributed by atoms with Gasteiger partial charge < -0.3 is 14.1 Å². The normalized spacial score (nSPS) is 10.5. The number of methoxy groups -OCH3 is 1. The lowest BCUT2D eigenvalue weighted by atomic mass is 10.1. The zero-order valence-electron chi connectivity index (χ0n) is 20.3. The van der Waals surface area contributed by atoms with Crippen LogP contribution in [0.15, 0.2) is 52.9 Å². The van der Waals surface area contributed by atoms with Gasteiger partial charge in [-0.3, -0.25) is 4.90 Å². The first kappa shape index (κ1) is 26.8. The Hall–Kier alpha value is -3.49. The molecule has 2 amide bonds. The lowest BCUT2D eigenvalue weighted by Crippen LogP contribution is -2.43. The van der Waals surface area contributed by atoms with E-state index in [0.29, 0.717) is 36.6 Å². The highest BCUT2D eigenvalue weighted by Crippen LogP contribution is 2.30. The molecule has 0 radical (unpaired) electrons. The summed E-state index contributed by atoms with van der Waals surface area (Å²) in [6, 6.07) is 14.2. The summed E-state index contributed by atoms with van der Waals surface area (Å²) < 4.78 is 35.9. The van der Waals surface area contributed by atoms with Gasteiger partial charge >= 0.3 is 12.5 Å². The summed E-state index contributed by atoms with van der Waals surface area (Å²) in [6.45, 7) is 9.50. The van der Waals surface area contributed by atoms with E-state index in [1.165, 1.54) is 0 Å². The fourth-order valence-corrected chi connectivity index (χ4v) is 3.31. The molecule has 1 heterocycles. The van der Waals surface area contributed by atoms with Crippen LogP contribution in [-0.4, -0.2) is 41.3 Å². The Morgan fingerprint density at radius 2 is 1.74 bits per heavy atom. The number of carbonyl (C=O) groups is 1. The number of aromatic nitrogens is 2. The van der Waals surface area contributed by atoms with Gasteiger partial charge in [0, 0.05) is 18.7 Å². The van der Waals surface area contributed by atoms with E-state index in [0.717, 1.165) is 12.0 Å². The first-order chi connectivity index (χ1) is 16.5. The molecule has 0 bridgehead atoms. The van der Waals surface area contributed by atoms with Gasteiger partial charge in [-0.25, -0.2) is 4.79 Å². The summed E-state index contributed by atoms with van der Waals surface area (Å²) >= 11 is 0. The highest BCUT2D eigenvalue weighted by molar-refractivity contribution is 5.93. The van der Waals surface area contributed by atoms with Crippen molar-refractivity contribution in [3.05, 3.63) is 60.0 Å². The summed E-state index contributed by atoms with van der Waals surface area (Å²) in [5, 5.41) is 7.02. The van der Waals surface area contributed by atoms with Crippen LogP contribution in [0.3, 0.4) is 0 Å². The van der Waals surface area contributed by atoms with Crippen molar-refractivity contribution in [2.45, 2.75) is 47.1 Å². The minimum absolute atomic E-state index is 0.0182. The summed E-state index contributed by atoms with van der Waals surface area (Å²) in [6.07, 6.45) is -1.97. The second-order valence-corrected chi connectivity index (χ2v) is 7.06. The average Bonchev–Trinajstić information content (AvgIpc) is 3.38. The van der Waals surface area contributed by atoms with E-state index in [1.807, 2.05) is 52.0 Å². The first-order valence-electron chi connectivity index (χ1n) is 11.4. The van der Waals surface area contributed by atoms with Gasteiger partial charge in [0.05, 0.1) is 19.3 Å². The number of halogens is 2. The highest BCUT2D eigenvalue weighted by Gasteiger charge is 2.24. The number of alkyl halides is 2. The number of urea groups is 1. The third kappa shape index (κ3) is 6.52. The molecule has 3 rings (SSSR count). The molecule has 0 fully saturated rings. The van der Waals surface area contributed by atoms with E-state index in [2.05, 4.69) is 10.2 Å². The van der Waals surface area contributed by atoms with E-state index < -0.39 is 12.3 Å². The lowest BCUT2D eigenvalue weighted by Gasteiger charge is -2.31. The number of ether oxygens (including phenoxy) is 1. The summed E-state index contributed by atoms with van der Waals surface area (Å²) in [5.41, 5.74) is 2.02. The number of nitrogens with zero attached hydrogens (tertiary/aromatic N) is 4. The van der Waals surface area contributed by atoms with Crippen molar-refractivity contribution < 1.29 is 22.7 Å². The smallest absolute Gasteiger partial charge is 0.324 e. The topological polar surface area (TPSA) is 71.7 Å². The van der Waals surface area contributed by atoms with Crippen LogP contribution in [0.2, 0.25) is 0 Å². The molecule has 0 atom stereocenters. The van der Waals surface area contributed by atoms with Gasteiger partial charge in [-0.1, -0.05) is 45.0 Å². The van der Waals surface area contributed by atoms with Crippen LogP contribution in [0.4, 0.5) is 19.3 Å². The molecule has 0 N–H and O–H groups in total. The quantitative estimate of drug-likeness (QED) is 0.351. The minimum Gasteiger partial charge on any atom is -0.495 e. The van der Waals surface area contributed by atoms with Crippen LogP contribution in [0.1, 0.15) is 52.0 Å². The van der Waals surface area contributed by atoms with Crippen LogP contribution in [-0.2, 0) is 6.54 Å². The first-order valence-corrected chi connectivity index (χ1v) is 11.4. The predicted octanol–water partition coefficient (Wildman–Crippen LogP) is 6.57. The maximum atomic E-state index is 13.4. The van der Waals surface area contributed by atoms with Gasteiger partial charge in [-0.2, -0.15) is 8.78 Å². The van der Waals surface area contributed by atoms with Gasteiger partial charge in [0.2, 0.25) is 5.89 Å². The number of anilines is 1. The van der Waals surface area contributed by atoms with E-state index >= 15 is 0 Å². The third-order valence-corrected chi connectivity index (χ3v) is 4.92. The summed E-state index contributed by atoms with van der Waals surface area (Å²) in [4.78, 5) is 16.8. The molecule has 0 saturated heterocycles. The molecule has 7 nitrogen and oxygen atoms in total. The molecule has 9 heteroatoms. The monoisotopic (exact) mass is 474 g/mol. The molecule has 1 aromatic heterocycles. The molecule has 34 heavy (non-hydrogen) atoms. The van der Waals surface area contributed by atoms with Crippen LogP contribution in [0, 0.1) is 0 Å². The fraction of sp³-hybridized carbons (Fsp3) is 0.400. The van der Waals surface area contributed by atoms with Crippen molar-refractivity contribution in [3.8, 4) is 17.2 Å². The van der Waals surface area contributed by atoms with Gasteiger partial charge in [0.15, 0.2) is 0 Å². The number of hydrogen-bond donors (Lipinski definition) is 0. The Morgan fingerprint density at radius 1 is 1.06 bits per heavy atom. The molecule has 0 saturated carbocycles. The molecule has 0 aliphatic heterocycles. The maximum Gasteiger partial charge on any atom is 0.324 e. The number of benzene rings is 2. The number of amides is 2. The van der Waals surface area contributed by atoms with Crippen molar-refractivity contribution in [2.75, 3.05) is 25.1 Å². The zero-order chi connectivity index (χ0) is 25.1. The minimum atomic E-state index is -2.82. The highest BCUT2D eigenvalue weighted by atomic mass is 19.3. The lowest BCUT2D eigenvalue weighted by molar-refractivity contribution is 0.116. The van der Waals surface area contributed by atoms with E-state index in [1.54, 1.807) is 41.2 Å². The number of para-hydroxylation sites is 2. The van der Waals surface area contributed by atoms with Crippen LogP contribution >= 0.6 is 0 Å². The van der Waals surface area contributed by atoms with Gasteiger partial charge in [0.25, 0.3) is 5.89 Å². The average molecular weight is 475 g/mol. The van der Waals surface area contributed by atoms with Crippen molar-refractivity contribution >= 4 is 11.7 Å². The van der Waals surface area contributed by atoms with E-state index in [4.69, 9.17) is 9.15 Å². The second kappa shape index (κ2) is 13.3. The van der Waals surface area contributed by atoms with Gasteiger partial charge in [0.1, 0.15) is 5.75 Å². The molecule has 0 aliphatic carbocycles. The molecule has 184 valence electrons. The van der Waals surface area contributed by atoms with Crippen molar-refractivity contribution in [1.82, 2.24) is 15.1 Å². The van der Waals surface area contributed by atoms with Crippen LogP contribution in [0.5, 0.6) is 5.75 Å². The SMILES string of the molecule is CC.CCCN(CC)C(=O)N(Cc1ccc(-c2nnc(C(F)F)o2)cc1)c1ccccc1OC. The van der Waals surface area contributed by atoms with Crippen molar-refractivity contribution in [1.29, 1.82) is 0 Å². The van der Waals surface area contributed by atoms with Crippen molar-refractivity contribution in [2.24, 2.45) is 0 Å². The van der Waals surface area contributed by atoms with Crippen LogP contribution < -0.4 is 9.64 Å². The summed E-state index contributed by atoms with van der Waals surface area (Å²) in [5.74, 6) is -0.104. The Kier molecular flexibility index (Phi) is 10.4. The van der Waals surface area contributed by atoms with E-state index in [-0.39, 0.29) is 11.9 Å². The third-order valence-electron chi connectivity index (χ3n) is 4.92. The van der Waals surface area contributed by atoms with Crippen molar-refractivity contribution in [3.63, 3.8) is 0 Å². The second-order valence-electron chi connectivity index (χ2n) is 7.06. The Labute approximate surface area is 199 Å². The Bertz CT molecular complexity index is 1030. The number of carbonyl (C=O) groups excluding carboxylic acids is 1. The Balaban J connectivity index is 0.00000199.